The van der Waals surface area contributed by atoms with Gasteiger partial charge in [-0.25, -0.2) is 5.43 Å². The number of nitrogens with one attached hydrogen (secondary N) is 1. The van der Waals surface area contributed by atoms with Crippen LogP contribution in [-0.4, -0.2) is 12.1 Å². The van der Waals surface area contributed by atoms with Crippen molar-refractivity contribution in [2.45, 2.75) is 33.7 Å². The second-order valence-corrected chi connectivity index (χ2v) is 5.41. The summed E-state index contributed by atoms with van der Waals surface area (Å²) in [6, 6.07) is 8.19. The minimum atomic E-state index is -0.0808. The summed E-state index contributed by atoms with van der Waals surface area (Å²) in [7, 11) is 1.69. The van der Waals surface area contributed by atoms with Crippen LogP contribution >= 0.6 is 0 Å². The van der Waals surface area contributed by atoms with Gasteiger partial charge in [-0.05, 0) is 62.1 Å². The lowest BCUT2D eigenvalue weighted by atomic mass is 9.92. The van der Waals surface area contributed by atoms with E-state index in [-0.39, 0.29) is 6.04 Å². The minimum Gasteiger partial charge on any atom is -0.496 e. The Morgan fingerprint density at radius 1 is 1.05 bits per heavy atom. The fraction of sp³-hybridized carbons (Fsp3) is 0.353. The van der Waals surface area contributed by atoms with Gasteiger partial charge in [-0.2, -0.15) is 0 Å². The van der Waals surface area contributed by atoms with Crippen LogP contribution in [0.1, 0.15) is 39.7 Å². The Labute approximate surface area is 126 Å². The van der Waals surface area contributed by atoms with Crippen LogP contribution in [0.25, 0.3) is 0 Å². The number of hydrazine groups is 1. The zero-order valence-electron chi connectivity index (χ0n) is 13.3. The molecule has 1 heterocycles. The van der Waals surface area contributed by atoms with Crippen LogP contribution in [0.3, 0.4) is 0 Å². The predicted molar refractivity (Wildman–Crippen MR) is 85.3 cm³/mol. The molecule has 112 valence electrons. The van der Waals surface area contributed by atoms with E-state index in [0.29, 0.717) is 0 Å². The SMILES string of the molecule is COc1cc(C)c(C(NN)c2ccc(C)nc2C)cc1C. The third kappa shape index (κ3) is 3.06. The third-order valence-corrected chi connectivity index (χ3v) is 3.84. The topological polar surface area (TPSA) is 60.2 Å². The van der Waals surface area contributed by atoms with Crippen molar-refractivity contribution in [2.75, 3.05) is 7.11 Å². The van der Waals surface area contributed by atoms with Gasteiger partial charge in [-0.3, -0.25) is 10.8 Å². The standard InChI is InChI=1S/C17H23N3O/c1-10-9-16(21-5)11(2)8-15(10)17(20-18)14-7-6-12(3)19-13(14)4/h6-9,17,20H,18H2,1-5H3. The summed E-state index contributed by atoms with van der Waals surface area (Å²) in [6.07, 6.45) is 0. The molecule has 0 fully saturated rings. The number of hydrogen-bond donors (Lipinski definition) is 2. The van der Waals surface area contributed by atoms with Gasteiger partial charge in [0.05, 0.1) is 13.2 Å². The fourth-order valence-electron chi connectivity index (χ4n) is 2.69. The van der Waals surface area contributed by atoms with Crippen molar-refractivity contribution >= 4 is 0 Å². The molecule has 4 heteroatoms. The Morgan fingerprint density at radius 3 is 2.33 bits per heavy atom. The Balaban J connectivity index is 2.53. The number of hydrogen-bond acceptors (Lipinski definition) is 4. The highest BCUT2D eigenvalue weighted by Gasteiger charge is 2.19. The van der Waals surface area contributed by atoms with E-state index in [1.807, 2.05) is 32.9 Å². The smallest absolute Gasteiger partial charge is 0.122 e. The summed E-state index contributed by atoms with van der Waals surface area (Å²) in [5, 5.41) is 0. The minimum absolute atomic E-state index is 0.0808. The lowest BCUT2D eigenvalue weighted by Gasteiger charge is -2.22. The molecule has 0 aliphatic carbocycles. The molecule has 0 saturated carbocycles. The number of aromatic nitrogens is 1. The van der Waals surface area contributed by atoms with Gasteiger partial charge < -0.3 is 4.74 Å². The van der Waals surface area contributed by atoms with Crippen LogP contribution in [0, 0.1) is 27.7 Å². The van der Waals surface area contributed by atoms with Crippen molar-refractivity contribution in [3.05, 3.63) is 57.9 Å². The number of nitrogens with two attached hydrogens (primary N) is 1. The first-order chi connectivity index (χ1) is 9.97. The molecule has 0 radical (unpaired) electrons. The zero-order valence-corrected chi connectivity index (χ0v) is 13.3. The van der Waals surface area contributed by atoms with E-state index >= 15 is 0 Å². The normalized spacial score (nSPS) is 12.3. The van der Waals surface area contributed by atoms with E-state index in [2.05, 4.69) is 29.5 Å². The van der Waals surface area contributed by atoms with Crippen LogP contribution in [0.15, 0.2) is 24.3 Å². The maximum atomic E-state index is 5.82. The number of benzene rings is 1. The van der Waals surface area contributed by atoms with Crippen molar-refractivity contribution in [1.82, 2.24) is 10.4 Å². The van der Waals surface area contributed by atoms with Crippen LogP contribution < -0.4 is 16.0 Å². The van der Waals surface area contributed by atoms with Gasteiger partial charge in [-0.1, -0.05) is 12.1 Å². The Bertz CT molecular complexity index is 653. The van der Waals surface area contributed by atoms with Gasteiger partial charge in [-0.15, -0.1) is 0 Å². The van der Waals surface area contributed by atoms with Crippen molar-refractivity contribution < 1.29 is 4.74 Å². The summed E-state index contributed by atoms with van der Waals surface area (Å²) in [5.41, 5.74) is 9.39. The average Bonchev–Trinajstić information content (AvgIpc) is 2.45. The first-order valence-electron chi connectivity index (χ1n) is 7.03. The van der Waals surface area contributed by atoms with Crippen LogP contribution in [0.4, 0.5) is 0 Å². The van der Waals surface area contributed by atoms with Gasteiger partial charge in [0.1, 0.15) is 5.75 Å². The van der Waals surface area contributed by atoms with E-state index in [0.717, 1.165) is 39.4 Å². The molecule has 0 saturated heterocycles. The number of pyridine rings is 1. The molecule has 4 nitrogen and oxygen atoms in total. The number of nitrogens with zero attached hydrogens (tertiary/aromatic N) is 1. The summed E-state index contributed by atoms with van der Waals surface area (Å²) in [5.74, 6) is 6.72. The molecule has 2 aromatic rings. The molecule has 1 aromatic heterocycles. The maximum Gasteiger partial charge on any atom is 0.122 e. The first kappa shape index (κ1) is 15.5. The summed E-state index contributed by atoms with van der Waals surface area (Å²) >= 11 is 0. The monoisotopic (exact) mass is 285 g/mol. The molecular weight excluding hydrogens is 262 g/mol. The Kier molecular flexibility index (Phi) is 4.60. The van der Waals surface area contributed by atoms with Gasteiger partial charge >= 0.3 is 0 Å². The second-order valence-electron chi connectivity index (χ2n) is 5.41. The third-order valence-electron chi connectivity index (χ3n) is 3.84. The predicted octanol–water partition coefficient (Wildman–Crippen LogP) is 2.88. The van der Waals surface area contributed by atoms with Crippen molar-refractivity contribution in [3.63, 3.8) is 0 Å². The quantitative estimate of drug-likeness (QED) is 0.670. The highest BCUT2D eigenvalue weighted by atomic mass is 16.5. The molecule has 0 spiro atoms. The lowest BCUT2D eigenvalue weighted by molar-refractivity contribution is 0.411. The Hall–Kier alpha value is -1.91. The summed E-state index contributed by atoms with van der Waals surface area (Å²) < 4.78 is 5.38. The van der Waals surface area contributed by atoms with Gasteiger partial charge in [0.2, 0.25) is 0 Å². The fourth-order valence-corrected chi connectivity index (χ4v) is 2.69. The molecule has 1 atom stereocenters. The molecule has 2 rings (SSSR count). The maximum absolute atomic E-state index is 5.82. The average molecular weight is 285 g/mol. The molecule has 0 aliphatic rings. The number of ether oxygens (including phenoxy) is 1. The number of aryl methyl sites for hydroxylation is 4. The Morgan fingerprint density at radius 2 is 1.76 bits per heavy atom. The largest absolute Gasteiger partial charge is 0.496 e. The molecule has 0 aliphatic heterocycles. The molecule has 0 amide bonds. The van der Waals surface area contributed by atoms with Gasteiger partial charge in [0.25, 0.3) is 0 Å². The highest BCUT2D eigenvalue weighted by Crippen LogP contribution is 2.30. The van der Waals surface area contributed by atoms with E-state index in [9.17, 15) is 0 Å². The summed E-state index contributed by atoms with van der Waals surface area (Å²) in [6.45, 7) is 8.11. The van der Waals surface area contributed by atoms with E-state index < -0.39 is 0 Å². The number of methoxy groups -OCH3 is 1. The van der Waals surface area contributed by atoms with E-state index in [1.54, 1.807) is 7.11 Å². The zero-order chi connectivity index (χ0) is 15.6. The van der Waals surface area contributed by atoms with Crippen molar-refractivity contribution in [1.29, 1.82) is 0 Å². The van der Waals surface area contributed by atoms with Gasteiger partial charge in [0, 0.05) is 11.4 Å². The molecule has 1 aromatic carbocycles. The first-order valence-corrected chi connectivity index (χ1v) is 7.03. The van der Waals surface area contributed by atoms with Crippen molar-refractivity contribution in [3.8, 4) is 5.75 Å². The van der Waals surface area contributed by atoms with Crippen LogP contribution in [0.5, 0.6) is 5.75 Å². The molecule has 1 unspecified atom stereocenters. The summed E-state index contributed by atoms with van der Waals surface area (Å²) in [4.78, 5) is 4.53. The van der Waals surface area contributed by atoms with E-state index in [1.165, 1.54) is 0 Å². The highest BCUT2D eigenvalue weighted by molar-refractivity contribution is 5.46. The molecule has 3 N–H and O–H groups in total. The van der Waals surface area contributed by atoms with Crippen molar-refractivity contribution in [2.24, 2.45) is 5.84 Å². The molecule has 21 heavy (non-hydrogen) atoms. The van der Waals surface area contributed by atoms with Crippen LogP contribution in [0.2, 0.25) is 0 Å². The van der Waals surface area contributed by atoms with E-state index in [4.69, 9.17) is 10.6 Å². The van der Waals surface area contributed by atoms with Gasteiger partial charge in [0.15, 0.2) is 0 Å². The molecule has 0 bridgehead atoms. The molecular formula is C17H23N3O. The second kappa shape index (κ2) is 6.24. The van der Waals surface area contributed by atoms with Crippen LogP contribution in [-0.2, 0) is 0 Å². The number of rotatable bonds is 4. The lowest BCUT2D eigenvalue weighted by Crippen LogP contribution is -2.30.